The van der Waals surface area contributed by atoms with E-state index in [9.17, 15) is 4.79 Å². The van der Waals surface area contributed by atoms with Crippen LogP contribution in [-0.2, 0) is 4.79 Å². The summed E-state index contributed by atoms with van der Waals surface area (Å²) in [6, 6.07) is 9.21. The minimum atomic E-state index is -0.563. The topological polar surface area (TPSA) is 55.1 Å². The van der Waals surface area contributed by atoms with Gasteiger partial charge in [-0.2, -0.15) is 0 Å². The van der Waals surface area contributed by atoms with E-state index in [0.717, 1.165) is 5.56 Å². The van der Waals surface area contributed by atoms with E-state index in [-0.39, 0.29) is 11.9 Å². The summed E-state index contributed by atoms with van der Waals surface area (Å²) >= 11 is 0. The normalized spacial score (nSPS) is 19.7. The summed E-state index contributed by atoms with van der Waals surface area (Å²) in [5.41, 5.74) is 6.88. The summed E-state index contributed by atoms with van der Waals surface area (Å²) in [5.74, 6) is 0.546. The molecule has 1 aliphatic rings. The van der Waals surface area contributed by atoms with Crippen molar-refractivity contribution in [2.24, 2.45) is 11.7 Å². The lowest BCUT2D eigenvalue weighted by Gasteiger charge is -2.29. The predicted molar refractivity (Wildman–Crippen MR) is 77.6 cm³/mol. The fourth-order valence-corrected chi connectivity index (χ4v) is 2.88. The van der Waals surface area contributed by atoms with Crippen LogP contribution >= 0.6 is 0 Å². The fraction of sp³-hybridized carbons (Fsp3) is 0.562. The average Bonchev–Trinajstić information content (AvgIpc) is 2.48. The van der Waals surface area contributed by atoms with E-state index >= 15 is 0 Å². The molecule has 3 heteroatoms. The lowest BCUT2D eigenvalue weighted by atomic mass is 9.84. The predicted octanol–water partition coefficient (Wildman–Crippen LogP) is 2.77. The number of nitrogens with one attached hydrogen (secondary N) is 1. The van der Waals surface area contributed by atoms with Crippen LogP contribution in [0.25, 0.3) is 0 Å². The first-order valence-corrected chi connectivity index (χ1v) is 7.29. The lowest BCUT2D eigenvalue weighted by Crippen LogP contribution is -2.43. The van der Waals surface area contributed by atoms with Gasteiger partial charge in [0, 0.05) is 6.04 Å². The Morgan fingerprint density at radius 1 is 1.21 bits per heavy atom. The van der Waals surface area contributed by atoms with Crippen molar-refractivity contribution >= 4 is 5.91 Å². The Bertz CT molecular complexity index is 398. The van der Waals surface area contributed by atoms with Gasteiger partial charge in [-0.15, -0.1) is 0 Å². The zero-order valence-electron chi connectivity index (χ0n) is 11.6. The second-order valence-corrected chi connectivity index (χ2v) is 5.58. The molecule has 2 unspecified atom stereocenters. The number of carbonyl (C=O) groups excluding carboxylic acids is 1. The van der Waals surface area contributed by atoms with E-state index in [1.54, 1.807) is 0 Å². The number of benzene rings is 1. The second-order valence-electron chi connectivity index (χ2n) is 5.58. The first kappa shape index (κ1) is 14.1. The van der Waals surface area contributed by atoms with Gasteiger partial charge in [0.2, 0.25) is 5.91 Å². The standard InChI is InChI=1S/C16H24N2O/c1-12(13-8-4-2-5-9-13)18-16(19)15(17)14-10-6-3-7-11-14/h3,6-7,10-13,15H,2,4-5,8-9,17H2,1H3,(H,18,19). The third-order valence-corrected chi connectivity index (χ3v) is 4.17. The molecule has 0 spiro atoms. The van der Waals surface area contributed by atoms with Gasteiger partial charge in [-0.3, -0.25) is 4.79 Å². The van der Waals surface area contributed by atoms with Crippen LogP contribution in [0.1, 0.15) is 50.6 Å². The van der Waals surface area contributed by atoms with E-state index in [4.69, 9.17) is 5.73 Å². The van der Waals surface area contributed by atoms with Gasteiger partial charge in [0.05, 0.1) is 0 Å². The highest BCUT2D eigenvalue weighted by Crippen LogP contribution is 2.26. The molecule has 0 aromatic heterocycles. The Hall–Kier alpha value is -1.35. The molecular weight excluding hydrogens is 236 g/mol. The van der Waals surface area contributed by atoms with Crippen molar-refractivity contribution in [2.75, 3.05) is 0 Å². The number of hydrogen-bond donors (Lipinski definition) is 2. The van der Waals surface area contributed by atoms with E-state index in [2.05, 4.69) is 12.2 Å². The molecule has 3 N–H and O–H groups in total. The Kier molecular flexibility index (Phi) is 4.97. The minimum absolute atomic E-state index is 0.0655. The molecule has 1 fully saturated rings. The first-order valence-electron chi connectivity index (χ1n) is 7.29. The van der Waals surface area contributed by atoms with Crippen molar-refractivity contribution in [2.45, 2.75) is 51.1 Å². The molecule has 104 valence electrons. The number of carbonyl (C=O) groups is 1. The summed E-state index contributed by atoms with van der Waals surface area (Å²) < 4.78 is 0. The van der Waals surface area contributed by atoms with Crippen LogP contribution in [0.5, 0.6) is 0 Å². The molecule has 1 amide bonds. The summed E-state index contributed by atoms with van der Waals surface area (Å²) in [5, 5.41) is 3.08. The van der Waals surface area contributed by atoms with Crippen LogP contribution in [-0.4, -0.2) is 11.9 Å². The Labute approximate surface area is 115 Å². The van der Waals surface area contributed by atoms with Crippen molar-refractivity contribution in [3.8, 4) is 0 Å². The zero-order valence-corrected chi connectivity index (χ0v) is 11.6. The SMILES string of the molecule is CC(NC(=O)C(N)c1ccccc1)C1CCCCC1. The molecule has 1 aliphatic carbocycles. The second kappa shape index (κ2) is 6.71. The third-order valence-electron chi connectivity index (χ3n) is 4.17. The van der Waals surface area contributed by atoms with Crippen LogP contribution in [0.15, 0.2) is 30.3 Å². The zero-order chi connectivity index (χ0) is 13.7. The molecular formula is C16H24N2O. The van der Waals surface area contributed by atoms with Crippen molar-refractivity contribution in [3.05, 3.63) is 35.9 Å². The van der Waals surface area contributed by atoms with Crippen molar-refractivity contribution < 1.29 is 4.79 Å². The maximum absolute atomic E-state index is 12.2. The largest absolute Gasteiger partial charge is 0.352 e. The number of rotatable bonds is 4. The fourth-order valence-electron chi connectivity index (χ4n) is 2.88. The monoisotopic (exact) mass is 260 g/mol. The molecule has 0 bridgehead atoms. The van der Waals surface area contributed by atoms with Gasteiger partial charge >= 0.3 is 0 Å². The maximum Gasteiger partial charge on any atom is 0.241 e. The van der Waals surface area contributed by atoms with Crippen molar-refractivity contribution in [3.63, 3.8) is 0 Å². The molecule has 0 radical (unpaired) electrons. The highest BCUT2D eigenvalue weighted by molar-refractivity contribution is 5.83. The molecule has 0 aliphatic heterocycles. The Morgan fingerprint density at radius 2 is 1.84 bits per heavy atom. The maximum atomic E-state index is 12.2. The molecule has 2 atom stereocenters. The van der Waals surface area contributed by atoms with Gasteiger partial charge in [0.1, 0.15) is 6.04 Å². The van der Waals surface area contributed by atoms with Gasteiger partial charge < -0.3 is 11.1 Å². The lowest BCUT2D eigenvalue weighted by molar-refractivity contribution is -0.123. The van der Waals surface area contributed by atoms with Gasteiger partial charge in [-0.05, 0) is 31.2 Å². The van der Waals surface area contributed by atoms with Crippen LogP contribution in [0.4, 0.5) is 0 Å². The van der Waals surface area contributed by atoms with Crippen LogP contribution in [0.2, 0.25) is 0 Å². The molecule has 3 nitrogen and oxygen atoms in total. The molecule has 0 heterocycles. The van der Waals surface area contributed by atoms with Crippen molar-refractivity contribution in [1.29, 1.82) is 0 Å². The van der Waals surface area contributed by atoms with Gasteiger partial charge in [0.25, 0.3) is 0 Å². The van der Waals surface area contributed by atoms with Crippen LogP contribution in [0, 0.1) is 5.92 Å². The minimum Gasteiger partial charge on any atom is -0.352 e. The van der Waals surface area contributed by atoms with Crippen LogP contribution in [0.3, 0.4) is 0 Å². The molecule has 1 aromatic rings. The van der Waals surface area contributed by atoms with E-state index in [1.807, 2.05) is 30.3 Å². The molecule has 1 aromatic carbocycles. The summed E-state index contributed by atoms with van der Waals surface area (Å²) in [6.07, 6.45) is 6.36. The third kappa shape index (κ3) is 3.80. The number of amides is 1. The highest BCUT2D eigenvalue weighted by Gasteiger charge is 2.24. The highest BCUT2D eigenvalue weighted by atomic mass is 16.2. The van der Waals surface area contributed by atoms with Crippen LogP contribution < -0.4 is 11.1 Å². The Morgan fingerprint density at radius 3 is 2.47 bits per heavy atom. The summed E-state index contributed by atoms with van der Waals surface area (Å²) in [6.45, 7) is 2.10. The molecule has 0 saturated heterocycles. The van der Waals surface area contributed by atoms with E-state index in [0.29, 0.717) is 5.92 Å². The van der Waals surface area contributed by atoms with Crippen molar-refractivity contribution in [1.82, 2.24) is 5.32 Å². The smallest absolute Gasteiger partial charge is 0.241 e. The average molecular weight is 260 g/mol. The molecule has 2 rings (SSSR count). The van der Waals surface area contributed by atoms with Gasteiger partial charge in [-0.25, -0.2) is 0 Å². The number of nitrogens with two attached hydrogens (primary N) is 1. The first-order chi connectivity index (χ1) is 9.18. The quantitative estimate of drug-likeness (QED) is 0.874. The summed E-state index contributed by atoms with van der Waals surface area (Å²) in [7, 11) is 0. The number of hydrogen-bond acceptors (Lipinski definition) is 2. The molecule has 19 heavy (non-hydrogen) atoms. The van der Waals surface area contributed by atoms with Gasteiger partial charge in [0.15, 0.2) is 0 Å². The van der Waals surface area contributed by atoms with Gasteiger partial charge in [-0.1, -0.05) is 49.6 Å². The Balaban J connectivity index is 1.89. The molecule has 1 saturated carbocycles. The van der Waals surface area contributed by atoms with E-state index < -0.39 is 6.04 Å². The summed E-state index contributed by atoms with van der Waals surface area (Å²) in [4.78, 5) is 12.2. The van der Waals surface area contributed by atoms with E-state index in [1.165, 1.54) is 32.1 Å².